The minimum absolute atomic E-state index is 0.429. The van der Waals surface area contributed by atoms with Crippen molar-refractivity contribution in [3.8, 4) is 17.0 Å². The number of hydrogen-bond acceptors (Lipinski definition) is 5. The van der Waals surface area contributed by atoms with E-state index in [1.165, 1.54) is 6.39 Å². The molecule has 6 nitrogen and oxygen atoms in total. The normalized spacial score (nSPS) is 11.0. The SMILES string of the molecule is c1ccc(COc2ccc(-c3nn(Cc4nnco4)c4ccccc34)cc2)cc1. The van der Waals surface area contributed by atoms with Gasteiger partial charge in [-0.05, 0) is 35.9 Å². The van der Waals surface area contributed by atoms with Gasteiger partial charge in [0.15, 0.2) is 0 Å². The van der Waals surface area contributed by atoms with Gasteiger partial charge in [0.05, 0.1) is 5.52 Å². The van der Waals surface area contributed by atoms with Crippen molar-refractivity contribution in [1.29, 1.82) is 0 Å². The maximum Gasteiger partial charge on any atom is 0.237 e. The molecule has 5 rings (SSSR count). The Hall–Kier alpha value is -3.93. The molecule has 0 saturated heterocycles. The first-order valence-corrected chi connectivity index (χ1v) is 9.34. The second-order valence-electron chi connectivity index (χ2n) is 6.65. The summed E-state index contributed by atoms with van der Waals surface area (Å²) in [5, 5.41) is 13.6. The van der Waals surface area contributed by atoms with Crippen molar-refractivity contribution >= 4 is 10.9 Å². The molecule has 0 atom stereocenters. The molecule has 3 aromatic carbocycles. The fourth-order valence-electron chi connectivity index (χ4n) is 3.30. The zero-order chi connectivity index (χ0) is 19.5. The van der Waals surface area contributed by atoms with Crippen molar-refractivity contribution in [3.63, 3.8) is 0 Å². The summed E-state index contributed by atoms with van der Waals surface area (Å²) >= 11 is 0. The Morgan fingerprint density at radius 1 is 0.862 bits per heavy atom. The van der Waals surface area contributed by atoms with Gasteiger partial charge in [0.1, 0.15) is 24.6 Å². The summed E-state index contributed by atoms with van der Waals surface area (Å²) in [5.74, 6) is 1.35. The van der Waals surface area contributed by atoms with E-state index in [1.54, 1.807) is 0 Å². The van der Waals surface area contributed by atoms with Gasteiger partial charge in [0, 0.05) is 10.9 Å². The van der Waals surface area contributed by atoms with Gasteiger partial charge in [0.2, 0.25) is 12.3 Å². The highest BCUT2D eigenvalue weighted by Gasteiger charge is 2.14. The van der Waals surface area contributed by atoms with E-state index in [0.717, 1.165) is 33.5 Å². The highest BCUT2D eigenvalue weighted by atomic mass is 16.5. The largest absolute Gasteiger partial charge is 0.489 e. The number of nitrogens with zero attached hydrogens (tertiary/aromatic N) is 4. The molecule has 0 radical (unpaired) electrons. The first-order chi connectivity index (χ1) is 14.4. The van der Waals surface area contributed by atoms with Crippen molar-refractivity contribution in [2.75, 3.05) is 0 Å². The van der Waals surface area contributed by atoms with Crippen LogP contribution in [0.25, 0.3) is 22.2 Å². The van der Waals surface area contributed by atoms with Crippen molar-refractivity contribution < 1.29 is 9.15 Å². The van der Waals surface area contributed by atoms with E-state index < -0.39 is 0 Å². The van der Waals surface area contributed by atoms with E-state index in [4.69, 9.17) is 14.3 Å². The summed E-state index contributed by atoms with van der Waals surface area (Å²) in [5.41, 5.74) is 4.10. The third-order valence-corrected chi connectivity index (χ3v) is 4.72. The lowest BCUT2D eigenvalue weighted by atomic mass is 10.1. The third-order valence-electron chi connectivity index (χ3n) is 4.72. The van der Waals surface area contributed by atoms with Crippen LogP contribution in [0.2, 0.25) is 0 Å². The average Bonchev–Trinajstić information content (AvgIpc) is 3.42. The lowest BCUT2D eigenvalue weighted by molar-refractivity contribution is 0.306. The molecule has 0 N–H and O–H groups in total. The third kappa shape index (κ3) is 3.60. The lowest BCUT2D eigenvalue weighted by Crippen LogP contribution is -2.02. The second kappa shape index (κ2) is 7.59. The van der Waals surface area contributed by atoms with Crippen LogP contribution in [0.3, 0.4) is 0 Å². The van der Waals surface area contributed by atoms with Crippen LogP contribution in [0.4, 0.5) is 0 Å². The Labute approximate surface area is 167 Å². The molecule has 0 bridgehead atoms. The molecule has 6 heteroatoms. The van der Waals surface area contributed by atoms with Gasteiger partial charge >= 0.3 is 0 Å². The summed E-state index contributed by atoms with van der Waals surface area (Å²) in [4.78, 5) is 0. The quantitative estimate of drug-likeness (QED) is 0.425. The van der Waals surface area contributed by atoms with Crippen LogP contribution in [0.15, 0.2) is 89.7 Å². The highest BCUT2D eigenvalue weighted by Crippen LogP contribution is 2.29. The maximum atomic E-state index is 5.89. The maximum absolute atomic E-state index is 5.89. The Kier molecular flexibility index (Phi) is 4.50. The molecule has 0 saturated carbocycles. The predicted molar refractivity (Wildman–Crippen MR) is 109 cm³/mol. The van der Waals surface area contributed by atoms with Crippen molar-refractivity contribution in [1.82, 2.24) is 20.0 Å². The van der Waals surface area contributed by atoms with Crippen LogP contribution in [0, 0.1) is 0 Å². The molecule has 2 heterocycles. The average molecular weight is 382 g/mol. The molecule has 0 aliphatic heterocycles. The van der Waals surface area contributed by atoms with E-state index >= 15 is 0 Å². The minimum Gasteiger partial charge on any atom is -0.489 e. The molecule has 0 aliphatic carbocycles. The van der Waals surface area contributed by atoms with Crippen LogP contribution in [-0.4, -0.2) is 20.0 Å². The second-order valence-corrected chi connectivity index (χ2v) is 6.65. The number of ether oxygens (including phenoxy) is 1. The molecule has 2 aromatic heterocycles. The van der Waals surface area contributed by atoms with Crippen LogP contribution in [0.1, 0.15) is 11.5 Å². The number of benzene rings is 3. The summed E-state index contributed by atoms with van der Waals surface area (Å²) < 4.78 is 13.1. The van der Waals surface area contributed by atoms with Gasteiger partial charge < -0.3 is 9.15 Å². The fraction of sp³-hybridized carbons (Fsp3) is 0.0870. The van der Waals surface area contributed by atoms with Gasteiger partial charge in [0.25, 0.3) is 0 Å². The van der Waals surface area contributed by atoms with Gasteiger partial charge in [-0.3, -0.25) is 4.68 Å². The number of aromatic nitrogens is 4. The first kappa shape index (κ1) is 17.2. The summed E-state index contributed by atoms with van der Waals surface area (Å²) in [6.07, 6.45) is 1.33. The topological polar surface area (TPSA) is 66.0 Å². The van der Waals surface area contributed by atoms with Crippen molar-refractivity contribution in [3.05, 3.63) is 96.7 Å². The molecule has 29 heavy (non-hydrogen) atoms. The Morgan fingerprint density at radius 3 is 2.45 bits per heavy atom. The van der Waals surface area contributed by atoms with Crippen molar-refractivity contribution in [2.45, 2.75) is 13.2 Å². The first-order valence-electron chi connectivity index (χ1n) is 9.34. The highest BCUT2D eigenvalue weighted by molar-refractivity contribution is 5.93. The van der Waals surface area contributed by atoms with Crippen LogP contribution in [0.5, 0.6) is 5.75 Å². The number of para-hydroxylation sites is 1. The van der Waals surface area contributed by atoms with E-state index in [9.17, 15) is 0 Å². The van der Waals surface area contributed by atoms with Crippen molar-refractivity contribution in [2.24, 2.45) is 0 Å². The summed E-state index contributed by atoms with van der Waals surface area (Å²) in [6, 6.07) is 26.3. The molecule has 0 unspecified atom stereocenters. The van der Waals surface area contributed by atoms with E-state index in [2.05, 4.69) is 28.4 Å². The van der Waals surface area contributed by atoms with Crippen LogP contribution in [-0.2, 0) is 13.2 Å². The lowest BCUT2D eigenvalue weighted by Gasteiger charge is -2.07. The summed E-state index contributed by atoms with van der Waals surface area (Å²) in [6.45, 7) is 0.973. The van der Waals surface area contributed by atoms with Gasteiger partial charge in [-0.25, -0.2) is 0 Å². The Morgan fingerprint density at radius 2 is 1.66 bits per heavy atom. The smallest absolute Gasteiger partial charge is 0.237 e. The van der Waals surface area contributed by atoms with Crippen LogP contribution < -0.4 is 4.74 Å². The van der Waals surface area contributed by atoms with E-state index in [0.29, 0.717) is 19.0 Å². The molecule has 0 fully saturated rings. The molecule has 142 valence electrons. The van der Waals surface area contributed by atoms with Gasteiger partial charge in [-0.1, -0.05) is 48.5 Å². The Bertz CT molecular complexity index is 1210. The zero-order valence-electron chi connectivity index (χ0n) is 15.6. The molecular weight excluding hydrogens is 364 g/mol. The Balaban J connectivity index is 1.41. The number of rotatable bonds is 6. The van der Waals surface area contributed by atoms with Gasteiger partial charge in [-0.15, -0.1) is 10.2 Å². The van der Waals surface area contributed by atoms with E-state index in [-0.39, 0.29) is 0 Å². The standard InChI is InChI=1S/C23H18N4O2/c1-2-6-17(7-3-1)15-28-19-12-10-18(11-13-19)23-20-8-4-5-9-21(20)27(26-23)14-22-25-24-16-29-22/h1-13,16H,14-15H2. The number of fused-ring (bicyclic) bond motifs is 1. The molecule has 5 aromatic rings. The molecule has 0 amide bonds. The van der Waals surface area contributed by atoms with Gasteiger partial charge in [-0.2, -0.15) is 5.10 Å². The van der Waals surface area contributed by atoms with E-state index in [1.807, 2.05) is 65.3 Å². The number of hydrogen-bond donors (Lipinski definition) is 0. The molecule has 0 spiro atoms. The fourth-order valence-corrected chi connectivity index (χ4v) is 3.30. The van der Waals surface area contributed by atoms with Crippen LogP contribution >= 0.6 is 0 Å². The summed E-state index contributed by atoms with van der Waals surface area (Å²) in [7, 11) is 0. The predicted octanol–water partition coefficient (Wildman–Crippen LogP) is 4.71. The zero-order valence-corrected chi connectivity index (χ0v) is 15.6. The molecule has 0 aliphatic rings. The molecular formula is C23H18N4O2. The monoisotopic (exact) mass is 382 g/mol. The minimum atomic E-state index is 0.429.